The number of carbonyl (C=O) groups excluding carboxylic acids is 1. The van der Waals surface area contributed by atoms with E-state index in [1.165, 1.54) is 0 Å². The number of carboxylic acid groups (broad SMARTS) is 1. The molecule has 0 spiro atoms. The highest BCUT2D eigenvalue weighted by molar-refractivity contribution is 5.89. The van der Waals surface area contributed by atoms with Crippen molar-refractivity contribution in [2.24, 2.45) is 11.1 Å². The maximum atomic E-state index is 11.7. The van der Waals surface area contributed by atoms with Crippen LogP contribution in [-0.4, -0.2) is 29.6 Å². The Kier molecular flexibility index (Phi) is 3.68. The first-order valence-electron chi connectivity index (χ1n) is 5.29. The third-order valence-corrected chi connectivity index (χ3v) is 2.91. The van der Waals surface area contributed by atoms with E-state index in [1.807, 2.05) is 6.92 Å². The molecule has 1 atom stereocenters. The van der Waals surface area contributed by atoms with Crippen LogP contribution in [0.25, 0.3) is 0 Å². The maximum Gasteiger partial charge on any atom is 0.326 e. The minimum Gasteiger partial charge on any atom is -0.480 e. The molecule has 1 unspecified atom stereocenters. The van der Waals surface area contributed by atoms with Crippen LogP contribution in [0.2, 0.25) is 0 Å². The Morgan fingerprint density at radius 1 is 1.53 bits per heavy atom. The normalized spacial score (nSPS) is 19.3. The first-order valence-corrected chi connectivity index (χ1v) is 5.29. The molecule has 0 aromatic rings. The summed E-state index contributed by atoms with van der Waals surface area (Å²) in [5, 5.41) is 11.4. The van der Waals surface area contributed by atoms with Gasteiger partial charge in [0, 0.05) is 6.54 Å². The molecule has 15 heavy (non-hydrogen) atoms. The summed E-state index contributed by atoms with van der Waals surface area (Å²) in [7, 11) is 0. The van der Waals surface area contributed by atoms with E-state index in [-0.39, 0.29) is 5.91 Å². The van der Waals surface area contributed by atoms with E-state index in [2.05, 4.69) is 5.32 Å². The quantitative estimate of drug-likeness (QED) is 0.584. The predicted molar refractivity (Wildman–Crippen MR) is 55.2 cm³/mol. The molecule has 0 aromatic carbocycles. The zero-order valence-corrected chi connectivity index (χ0v) is 8.95. The van der Waals surface area contributed by atoms with Gasteiger partial charge < -0.3 is 16.2 Å². The van der Waals surface area contributed by atoms with Crippen molar-refractivity contribution >= 4 is 11.9 Å². The second kappa shape index (κ2) is 4.61. The predicted octanol–water partition coefficient (Wildman–Crippen LogP) is 0.0948. The van der Waals surface area contributed by atoms with Crippen LogP contribution in [0.5, 0.6) is 0 Å². The molecule has 1 amide bonds. The summed E-state index contributed by atoms with van der Waals surface area (Å²) >= 11 is 0. The van der Waals surface area contributed by atoms with Crippen molar-refractivity contribution in [3.8, 4) is 0 Å². The molecule has 86 valence electrons. The summed E-state index contributed by atoms with van der Waals surface area (Å²) in [6.45, 7) is 2.19. The van der Waals surface area contributed by atoms with Gasteiger partial charge in [0.1, 0.15) is 6.04 Å². The molecule has 0 heterocycles. The number of amides is 1. The maximum absolute atomic E-state index is 11.7. The van der Waals surface area contributed by atoms with Crippen molar-refractivity contribution < 1.29 is 14.7 Å². The molecule has 1 aliphatic rings. The van der Waals surface area contributed by atoms with E-state index in [9.17, 15) is 9.59 Å². The van der Waals surface area contributed by atoms with Gasteiger partial charge in [0.2, 0.25) is 5.91 Å². The smallest absolute Gasteiger partial charge is 0.326 e. The van der Waals surface area contributed by atoms with Crippen molar-refractivity contribution in [1.82, 2.24) is 5.32 Å². The van der Waals surface area contributed by atoms with Crippen LogP contribution in [0.3, 0.4) is 0 Å². The van der Waals surface area contributed by atoms with E-state index in [0.29, 0.717) is 13.0 Å². The molecule has 5 heteroatoms. The second-order valence-corrected chi connectivity index (χ2v) is 4.14. The number of aliphatic carboxylic acids is 1. The number of hydrogen-bond donors (Lipinski definition) is 3. The fourth-order valence-electron chi connectivity index (χ4n) is 1.53. The van der Waals surface area contributed by atoms with Crippen molar-refractivity contribution in [3.63, 3.8) is 0 Å². The Labute approximate surface area is 89.0 Å². The minimum atomic E-state index is -0.974. The fourth-order valence-corrected chi connectivity index (χ4v) is 1.53. The first-order chi connectivity index (χ1) is 7.05. The summed E-state index contributed by atoms with van der Waals surface area (Å²) in [6.07, 6.45) is 2.73. The number of hydrogen-bond acceptors (Lipinski definition) is 3. The number of nitrogens with two attached hydrogens (primary N) is 1. The molecular weight excluding hydrogens is 196 g/mol. The lowest BCUT2D eigenvalue weighted by atomic mass is 10.1. The number of rotatable bonds is 6. The average Bonchev–Trinajstić information content (AvgIpc) is 2.97. The van der Waals surface area contributed by atoms with Crippen molar-refractivity contribution in [1.29, 1.82) is 0 Å². The Morgan fingerprint density at radius 3 is 2.47 bits per heavy atom. The monoisotopic (exact) mass is 214 g/mol. The molecule has 0 aromatic heterocycles. The summed E-state index contributed by atoms with van der Waals surface area (Å²) in [5.41, 5.74) is 5.02. The Morgan fingerprint density at radius 2 is 2.13 bits per heavy atom. The highest BCUT2D eigenvalue weighted by Gasteiger charge is 2.49. The molecule has 0 radical (unpaired) electrons. The largest absolute Gasteiger partial charge is 0.480 e. The van der Waals surface area contributed by atoms with Gasteiger partial charge >= 0.3 is 5.97 Å². The number of carbonyl (C=O) groups is 2. The van der Waals surface area contributed by atoms with Crippen LogP contribution in [-0.2, 0) is 9.59 Å². The van der Waals surface area contributed by atoms with Crippen LogP contribution in [0.4, 0.5) is 0 Å². The molecule has 4 N–H and O–H groups in total. The summed E-state index contributed by atoms with van der Waals surface area (Å²) in [4.78, 5) is 22.5. The molecule has 0 aliphatic heterocycles. The van der Waals surface area contributed by atoms with Gasteiger partial charge in [-0.3, -0.25) is 4.79 Å². The van der Waals surface area contributed by atoms with Gasteiger partial charge in [-0.25, -0.2) is 4.79 Å². The molecule has 1 aliphatic carbocycles. The Bertz CT molecular complexity index is 261. The van der Waals surface area contributed by atoms with E-state index in [4.69, 9.17) is 10.8 Å². The van der Waals surface area contributed by atoms with E-state index in [1.54, 1.807) is 0 Å². The Hall–Kier alpha value is -1.10. The van der Waals surface area contributed by atoms with Crippen LogP contribution in [0.15, 0.2) is 0 Å². The van der Waals surface area contributed by atoms with Gasteiger partial charge in [0.25, 0.3) is 0 Å². The summed E-state index contributed by atoms with van der Waals surface area (Å²) < 4.78 is 0. The zero-order valence-electron chi connectivity index (χ0n) is 8.95. The van der Waals surface area contributed by atoms with E-state index in [0.717, 1.165) is 19.3 Å². The van der Waals surface area contributed by atoms with Crippen LogP contribution in [0, 0.1) is 5.41 Å². The van der Waals surface area contributed by atoms with Crippen LogP contribution in [0.1, 0.15) is 32.6 Å². The lowest BCUT2D eigenvalue weighted by molar-refractivity contribution is -0.142. The van der Waals surface area contributed by atoms with Crippen molar-refractivity contribution in [2.75, 3.05) is 6.54 Å². The molecule has 1 rings (SSSR count). The number of carboxylic acids is 1. The topological polar surface area (TPSA) is 92.4 Å². The van der Waals surface area contributed by atoms with Crippen LogP contribution >= 0.6 is 0 Å². The molecule has 1 fully saturated rings. The SMILES string of the molecule is CCCC(NC(=O)C1(CN)CC1)C(=O)O. The van der Waals surface area contributed by atoms with E-state index < -0.39 is 17.4 Å². The second-order valence-electron chi connectivity index (χ2n) is 4.14. The van der Waals surface area contributed by atoms with Crippen molar-refractivity contribution in [2.45, 2.75) is 38.6 Å². The van der Waals surface area contributed by atoms with Gasteiger partial charge in [-0.05, 0) is 19.3 Å². The van der Waals surface area contributed by atoms with Gasteiger partial charge in [-0.1, -0.05) is 13.3 Å². The zero-order chi connectivity index (χ0) is 11.5. The van der Waals surface area contributed by atoms with Gasteiger partial charge in [-0.2, -0.15) is 0 Å². The third kappa shape index (κ3) is 2.68. The highest BCUT2D eigenvalue weighted by Crippen LogP contribution is 2.44. The molecule has 0 bridgehead atoms. The molecular formula is C10H18N2O3. The van der Waals surface area contributed by atoms with Crippen molar-refractivity contribution in [3.05, 3.63) is 0 Å². The lowest BCUT2D eigenvalue weighted by Crippen LogP contribution is -2.46. The fraction of sp³-hybridized carbons (Fsp3) is 0.800. The lowest BCUT2D eigenvalue weighted by Gasteiger charge is -2.18. The Balaban J connectivity index is 2.51. The standard InChI is InChI=1S/C10H18N2O3/c1-2-3-7(8(13)14)12-9(15)10(6-11)4-5-10/h7H,2-6,11H2,1H3,(H,12,15)(H,13,14). The minimum absolute atomic E-state index is 0.203. The summed E-state index contributed by atoms with van der Waals surface area (Å²) in [6, 6.07) is -0.772. The summed E-state index contributed by atoms with van der Waals surface area (Å²) in [5.74, 6) is -1.18. The van der Waals surface area contributed by atoms with Crippen LogP contribution < -0.4 is 11.1 Å². The van der Waals surface area contributed by atoms with Gasteiger partial charge in [0.15, 0.2) is 0 Å². The molecule has 1 saturated carbocycles. The molecule has 5 nitrogen and oxygen atoms in total. The molecule has 0 saturated heterocycles. The van der Waals surface area contributed by atoms with E-state index >= 15 is 0 Å². The van der Waals surface area contributed by atoms with Gasteiger partial charge in [0.05, 0.1) is 5.41 Å². The third-order valence-electron chi connectivity index (χ3n) is 2.91. The highest BCUT2D eigenvalue weighted by atomic mass is 16.4. The van der Waals surface area contributed by atoms with Gasteiger partial charge in [-0.15, -0.1) is 0 Å². The number of nitrogens with one attached hydrogen (secondary N) is 1. The first kappa shape index (κ1) is 12.0. The average molecular weight is 214 g/mol.